The number of hydrogen-bond donors (Lipinski definition) is 1. The number of rotatable bonds is 6. The van der Waals surface area contributed by atoms with Crippen molar-refractivity contribution >= 4 is 34.9 Å². The summed E-state index contributed by atoms with van der Waals surface area (Å²) in [4.78, 5) is 33.5. The number of anilines is 2. The molecule has 1 aromatic heterocycles. The summed E-state index contributed by atoms with van der Waals surface area (Å²) in [5.74, 6) is 0.592. The lowest BCUT2D eigenvalue weighted by Gasteiger charge is -2.29. The van der Waals surface area contributed by atoms with E-state index in [2.05, 4.69) is 15.2 Å². The molecule has 3 rings (SSSR count). The fourth-order valence-electron chi connectivity index (χ4n) is 3.38. The van der Waals surface area contributed by atoms with Crippen LogP contribution in [-0.4, -0.2) is 55.5 Å². The first kappa shape index (κ1) is 20.9. The first-order valence-corrected chi connectivity index (χ1v) is 9.96. The van der Waals surface area contributed by atoms with Gasteiger partial charge in [0, 0.05) is 31.4 Å². The number of piperidine rings is 1. The van der Waals surface area contributed by atoms with Gasteiger partial charge in [0.05, 0.1) is 24.9 Å². The van der Waals surface area contributed by atoms with E-state index in [1.807, 2.05) is 0 Å². The number of likely N-dealkylation sites (N-methyl/N-ethyl adjacent to an activating group) is 1. The van der Waals surface area contributed by atoms with Gasteiger partial charge in [0.15, 0.2) is 0 Å². The minimum atomic E-state index is -0.343. The van der Waals surface area contributed by atoms with E-state index in [9.17, 15) is 9.59 Å². The molecule has 29 heavy (non-hydrogen) atoms. The molecule has 0 saturated carbocycles. The molecule has 1 aliphatic heterocycles. The Morgan fingerprint density at radius 2 is 2.00 bits per heavy atom. The van der Waals surface area contributed by atoms with Crippen LogP contribution in [0.4, 0.5) is 11.5 Å². The summed E-state index contributed by atoms with van der Waals surface area (Å²) >= 11 is 6.00. The molecular formula is C21H25ClN4O3. The van der Waals surface area contributed by atoms with Crippen LogP contribution in [0.25, 0.3) is 0 Å². The zero-order chi connectivity index (χ0) is 20.8. The molecule has 1 aromatic carbocycles. The van der Waals surface area contributed by atoms with Gasteiger partial charge in [0.25, 0.3) is 5.91 Å². The van der Waals surface area contributed by atoms with Crippen LogP contribution in [0.1, 0.15) is 29.6 Å². The highest BCUT2D eigenvalue weighted by molar-refractivity contribution is 6.31. The largest absolute Gasteiger partial charge is 0.495 e. The molecule has 0 atom stereocenters. The standard InChI is InChI=1S/C21H25ClN4O3/c1-25(14-19(27)24-17-13-15(22)8-9-18(17)29-2)21(28)16-7-6-10-23-20(16)26-11-4-3-5-12-26/h6-10,13H,3-5,11-12,14H2,1-2H3,(H,24,27). The summed E-state index contributed by atoms with van der Waals surface area (Å²) in [5.41, 5.74) is 0.964. The lowest BCUT2D eigenvalue weighted by molar-refractivity contribution is -0.116. The van der Waals surface area contributed by atoms with Crippen molar-refractivity contribution in [3.05, 3.63) is 47.1 Å². The molecule has 2 heterocycles. The fourth-order valence-corrected chi connectivity index (χ4v) is 3.55. The van der Waals surface area contributed by atoms with Gasteiger partial charge >= 0.3 is 0 Å². The lowest BCUT2D eigenvalue weighted by Crippen LogP contribution is -2.37. The second-order valence-electron chi connectivity index (χ2n) is 6.98. The molecule has 1 saturated heterocycles. The number of carbonyl (C=O) groups is 2. The van der Waals surface area contributed by atoms with Gasteiger partial charge in [-0.2, -0.15) is 0 Å². The van der Waals surface area contributed by atoms with Crippen LogP contribution >= 0.6 is 11.6 Å². The van der Waals surface area contributed by atoms with E-state index < -0.39 is 0 Å². The molecule has 1 aliphatic rings. The third-order valence-corrected chi connectivity index (χ3v) is 5.07. The van der Waals surface area contributed by atoms with E-state index in [1.165, 1.54) is 18.4 Å². The van der Waals surface area contributed by atoms with Crippen molar-refractivity contribution in [1.82, 2.24) is 9.88 Å². The third kappa shape index (κ3) is 5.17. The maximum Gasteiger partial charge on any atom is 0.257 e. The topological polar surface area (TPSA) is 74.8 Å². The van der Waals surface area contributed by atoms with Crippen LogP contribution in [0.15, 0.2) is 36.5 Å². The van der Waals surface area contributed by atoms with Crippen molar-refractivity contribution in [2.45, 2.75) is 19.3 Å². The Labute approximate surface area is 175 Å². The Morgan fingerprint density at radius 1 is 1.24 bits per heavy atom. The van der Waals surface area contributed by atoms with Crippen LogP contribution in [0, 0.1) is 0 Å². The van der Waals surface area contributed by atoms with Gasteiger partial charge in [0.2, 0.25) is 5.91 Å². The molecule has 8 heteroatoms. The van der Waals surface area contributed by atoms with Gasteiger partial charge in [-0.3, -0.25) is 9.59 Å². The molecule has 2 amide bonds. The number of aromatic nitrogens is 1. The summed E-state index contributed by atoms with van der Waals surface area (Å²) in [5, 5.41) is 3.23. The van der Waals surface area contributed by atoms with Gasteiger partial charge in [-0.15, -0.1) is 0 Å². The predicted molar refractivity (Wildman–Crippen MR) is 114 cm³/mol. The summed E-state index contributed by atoms with van der Waals surface area (Å²) < 4.78 is 5.24. The third-order valence-electron chi connectivity index (χ3n) is 4.84. The maximum absolute atomic E-state index is 13.0. The number of nitrogens with one attached hydrogen (secondary N) is 1. The van der Waals surface area contributed by atoms with E-state index in [-0.39, 0.29) is 18.4 Å². The number of hydrogen-bond acceptors (Lipinski definition) is 5. The molecule has 1 fully saturated rings. The van der Waals surface area contributed by atoms with Crippen molar-refractivity contribution < 1.29 is 14.3 Å². The Kier molecular flexibility index (Phi) is 6.93. The van der Waals surface area contributed by atoms with E-state index in [0.29, 0.717) is 27.8 Å². The molecule has 0 bridgehead atoms. The van der Waals surface area contributed by atoms with Crippen molar-refractivity contribution in [3.8, 4) is 5.75 Å². The Bertz CT molecular complexity index is 884. The van der Waals surface area contributed by atoms with Crippen LogP contribution in [0.2, 0.25) is 5.02 Å². The molecule has 0 spiro atoms. The first-order chi connectivity index (χ1) is 14.0. The number of methoxy groups -OCH3 is 1. The predicted octanol–water partition coefficient (Wildman–Crippen LogP) is 3.44. The molecule has 154 valence electrons. The Balaban J connectivity index is 1.70. The fraction of sp³-hybridized carbons (Fsp3) is 0.381. The van der Waals surface area contributed by atoms with Gasteiger partial charge in [-0.25, -0.2) is 4.98 Å². The van der Waals surface area contributed by atoms with Gasteiger partial charge < -0.3 is 19.9 Å². The van der Waals surface area contributed by atoms with Crippen LogP contribution in [-0.2, 0) is 4.79 Å². The Hall–Kier alpha value is -2.80. The normalized spacial score (nSPS) is 13.7. The number of ether oxygens (including phenoxy) is 1. The highest BCUT2D eigenvalue weighted by Gasteiger charge is 2.23. The molecule has 7 nitrogen and oxygen atoms in total. The number of halogens is 1. The second kappa shape index (κ2) is 9.60. The summed E-state index contributed by atoms with van der Waals surface area (Å²) in [7, 11) is 3.11. The lowest BCUT2D eigenvalue weighted by atomic mass is 10.1. The van der Waals surface area contributed by atoms with Crippen molar-refractivity contribution in [2.24, 2.45) is 0 Å². The number of benzene rings is 1. The summed E-state index contributed by atoms with van der Waals surface area (Å²) in [6.07, 6.45) is 5.06. The molecular weight excluding hydrogens is 392 g/mol. The Morgan fingerprint density at radius 3 is 2.72 bits per heavy atom. The number of nitrogens with zero attached hydrogens (tertiary/aromatic N) is 3. The average molecular weight is 417 g/mol. The smallest absolute Gasteiger partial charge is 0.257 e. The van der Waals surface area contributed by atoms with E-state index in [1.54, 1.807) is 43.6 Å². The summed E-state index contributed by atoms with van der Waals surface area (Å²) in [6, 6.07) is 8.46. The van der Waals surface area contributed by atoms with E-state index in [0.717, 1.165) is 25.9 Å². The zero-order valence-corrected chi connectivity index (χ0v) is 17.4. The van der Waals surface area contributed by atoms with Crippen molar-refractivity contribution in [1.29, 1.82) is 0 Å². The van der Waals surface area contributed by atoms with Gasteiger partial charge in [-0.05, 0) is 49.6 Å². The minimum absolute atomic E-state index is 0.108. The molecule has 1 N–H and O–H groups in total. The van der Waals surface area contributed by atoms with Gasteiger partial charge in [0.1, 0.15) is 11.6 Å². The monoisotopic (exact) mass is 416 g/mol. The van der Waals surface area contributed by atoms with Crippen LogP contribution in [0.3, 0.4) is 0 Å². The zero-order valence-electron chi connectivity index (χ0n) is 16.7. The molecule has 2 aromatic rings. The van der Waals surface area contributed by atoms with E-state index in [4.69, 9.17) is 16.3 Å². The first-order valence-electron chi connectivity index (χ1n) is 9.58. The second-order valence-corrected chi connectivity index (χ2v) is 7.41. The van der Waals surface area contributed by atoms with E-state index >= 15 is 0 Å². The maximum atomic E-state index is 13.0. The highest BCUT2D eigenvalue weighted by atomic mass is 35.5. The van der Waals surface area contributed by atoms with Crippen LogP contribution in [0.5, 0.6) is 5.75 Å². The van der Waals surface area contributed by atoms with Crippen molar-refractivity contribution in [2.75, 3.05) is 44.0 Å². The number of pyridine rings is 1. The number of carbonyl (C=O) groups excluding carboxylic acids is 2. The minimum Gasteiger partial charge on any atom is -0.495 e. The SMILES string of the molecule is COc1ccc(Cl)cc1NC(=O)CN(C)C(=O)c1cccnc1N1CCCCC1. The molecule has 0 radical (unpaired) electrons. The molecule has 0 aliphatic carbocycles. The highest BCUT2D eigenvalue weighted by Crippen LogP contribution is 2.28. The quantitative estimate of drug-likeness (QED) is 0.780. The van der Waals surface area contributed by atoms with Gasteiger partial charge in [-0.1, -0.05) is 11.6 Å². The van der Waals surface area contributed by atoms with Crippen LogP contribution < -0.4 is 15.0 Å². The molecule has 0 unspecified atom stereocenters. The average Bonchev–Trinajstić information content (AvgIpc) is 2.74. The van der Waals surface area contributed by atoms with Crippen molar-refractivity contribution in [3.63, 3.8) is 0 Å². The summed E-state index contributed by atoms with van der Waals surface area (Å²) in [6.45, 7) is 1.66. The number of amides is 2.